The lowest BCUT2D eigenvalue weighted by Crippen LogP contribution is -2.57. The van der Waals surface area contributed by atoms with Crippen LogP contribution in [0.5, 0.6) is 0 Å². The highest BCUT2D eigenvalue weighted by molar-refractivity contribution is 5.74. The minimum Gasteiger partial charge on any atom is -0.390 e. The smallest absolute Gasteiger partial charge is 0.107 e. The number of aryl methyl sites for hydroxylation is 1. The highest BCUT2D eigenvalue weighted by Gasteiger charge is 2.60. The zero-order valence-corrected chi connectivity index (χ0v) is 19.6. The molecule has 7 rings (SSSR count). The first-order chi connectivity index (χ1) is 16.1. The van der Waals surface area contributed by atoms with Crippen LogP contribution in [0.2, 0.25) is 0 Å². The number of para-hydroxylation sites is 2. The van der Waals surface area contributed by atoms with Gasteiger partial charge in [-0.1, -0.05) is 36.4 Å². The third-order valence-corrected chi connectivity index (χ3v) is 8.71. The molecule has 4 aliphatic rings. The summed E-state index contributed by atoms with van der Waals surface area (Å²) in [5.74, 6) is 1.82. The van der Waals surface area contributed by atoms with E-state index in [1.165, 1.54) is 17.5 Å². The third kappa shape index (κ3) is 3.71. The molecule has 3 aliphatic carbocycles. The Morgan fingerprint density at radius 3 is 2.73 bits per heavy atom. The Labute approximate surface area is 196 Å². The van der Waals surface area contributed by atoms with Crippen molar-refractivity contribution >= 4 is 11.0 Å². The van der Waals surface area contributed by atoms with Gasteiger partial charge in [-0.05, 0) is 87.2 Å². The van der Waals surface area contributed by atoms with E-state index in [2.05, 4.69) is 53.3 Å². The van der Waals surface area contributed by atoms with E-state index < -0.39 is 5.60 Å². The largest absolute Gasteiger partial charge is 0.390 e. The molecule has 3 aromatic rings. The van der Waals surface area contributed by atoms with Crippen molar-refractivity contribution in [3.8, 4) is 0 Å². The van der Waals surface area contributed by atoms with Gasteiger partial charge in [-0.15, -0.1) is 0 Å². The number of hydrogen-bond acceptors (Lipinski definition) is 4. The van der Waals surface area contributed by atoms with Gasteiger partial charge in [0.25, 0.3) is 0 Å². The fraction of sp³-hybridized carbons (Fsp3) is 0.536. The van der Waals surface area contributed by atoms with Crippen LogP contribution in [0.3, 0.4) is 0 Å². The van der Waals surface area contributed by atoms with Crippen molar-refractivity contribution in [1.82, 2.24) is 14.9 Å². The van der Waals surface area contributed by atoms with E-state index in [-0.39, 0.29) is 5.60 Å². The SMILES string of the molecule is CN(CCCc1nc2ccccc2[nH]1)CC[C@@]1(O)CC2CCC1CC21OCc2ccccc21. The monoisotopic (exact) mass is 445 g/mol. The molecule has 3 unspecified atom stereocenters. The van der Waals surface area contributed by atoms with Gasteiger partial charge in [0, 0.05) is 13.0 Å². The summed E-state index contributed by atoms with van der Waals surface area (Å²) in [5.41, 5.74) is 4.19. The van der Waals surface area contributed by atoms with Crippen LogP contribution in [0.25, 0.3) is 11.0 Å². The number of nitrogens with one attached hydrogen (secondary N) is 1. The summed E-state index contributed by atoms with van der Waals surface area (Å²) >= 11 is 0. The van der Waals surface area contributed by atoms with Gasteiger partial charge in [-0.2, -0.15) is 0 Å². The number of aromatic amines is 1. The maximum absolute atomic E-state index is 11.7. The van der Waals surface area contributed by atoms with Crippen molar-refractivity contribution in [2.24, 2.45) is 11.8 Å². The number of fused-ring (bicyclic) bond motifs is 4. The van der Waals surface area contributed by atoms with Crippen molar-refractivity contribution in [3.05, 3.63) is 65.5 Å². The maximum Gasteiger partial charge on any atom is 0.107 e. The molecule has 1 aliphatic heterocycles. The van der Waals surface area contributed by atoms with Gasteiger partial charge in [0.1, 0.15) is 5.82 Å². The van der Waals surface area contributed by atoms with Crippen LogP contribution in [0.15, 0.2) is 48.5 Å². The molecule has 3 fully saturated rings. The molecule has 2 N–H and O–H groups in total. The third-order valence-electron chi connectivity index (χ3n) is 8.71. The van der Waals surface area contributed by atoms with Gasteiger partial charge in [-0.3, -0.25) is 0 Å². The van der Waals surface area contributed by atoms with Crippen LogP contribution in [0.1, 0.15) is 55.5 Å². The molecule has 0 amide bonds. The second kappa shape index (κ2) is 8.23. The molecule has 2 bridgehead atoms. The van der Waals surface area contributed by atoms with Crippen molar-refractivity contribution in [3.63, 3.8) is 0 Å². The zero-order chi connectivity index (χ0) is 22.5. The van der Waals surface area contributed by atoms with Crippen molar-refractivity contribution in [2.75, 3.05) is 20.1 Å². The average molecular weight is 446 g/mol. The van der Waals surface area contributed by atoms with Crippen LogP contribution >= 0.6 is 0 Å². The fourth-order valence-electron chi connectivity index (χ4n) is 6.88. The number of H-pyrrole nitrogens is 1. The maximum atomic E-state index is 11.7. The summed E-state index contributed by atoms with van der Waals surface area (Å²) in [4.78, 5) is 10.5. The molecule has 0 saturated heterocycles. The second-order valence-electron chi connectivity index (χ2n) is 10.7. The average Bonchev–Trinajstić information content (AvgIpc) is 3.41. The molecule has 5 nitrogen and oxygen atoms in total. The number of imidazole rings is 1. The van der Waals surface area contributed by atoms with Gasteiger partial charge >= 0.3 is 0 Å². The van der Waals surface area contributed by atoms with E-state index >= 15 is 0 Å². The van der Waals surface area contributed by atoms with E-state index in [1.807, 2.05) is 12.1 Å². The van der Waals surface area contributed by atoms with Crippen molar-refractivity contribution < 1.29 is 9.84 Å². The molecule has 2 aromatic carbocycles. The summed E-state index contributed by atoms with van der Waals surface area (Å²) in [6.07, 6.45) is 7.02. The van der Waals surface area contributed by atoms with E-state index in [1.54, 1.807) is 0 Å². The molecule has 4 atom stereocenters. The zero-order valence-electron chi connectivity index (χ0n) is 19.6. The molecule has 2 heterocycles. The highest BCUT2D eigenvalue weighted by Crippen LogP contribution is 2.61. The van der Waals surface area contributed by atoms with Crippen LogP contribution in [0, 0.1) is 11.8 Å². The molecule has 0 radical (unpaired) electrons. The summed E-state index contributed by atoms with van der Waals surface area (Å²) in [7, 11) is 2.18. The van der Waals surface area contributed by atoms with E-state index in [0.717, 1.165) is 75.1 Å². The molecular weight excluding hydrogens is 410 g/mol. The normalized spacial score (nSPS) is 30.5. The first-order valence-corrected chi connectivity index (χ1v) is 12.6. The second-order valence-corrected chi connectivity index (χ2v) is 10.7. The summed E-state index contributed by atoms with van der Waals surface area (Å²) in [6, 6.07) is 16.9. The molecule has 5 heteroatoms. The summed E-state index contributed by atoms with van der Waals surface area (Å²) in [5, 5.41) is 11.7. The lowest BCUT2D eigenvalue weighted by Gasteiger charge is -2.57. The topological polar surface area (TPSA) is 61.4 Å². The molecule has 3 saturated carbocycles. The fourth-order valence-corrected chi connectivity index (χ4v) is 6.88. The molecular formula is C28H35N3O2. The standard InChI is InChI=1S/C28H35N3O2/c1-31(15-6-11-26-29-24-9-4-5-10-25(24)30-26)16-14-27(32)17-22-13-12-21(27)18-28(22)23-8-3-2-7-20(23)19-33-28/h2-5,7-10,21-22,32H,6,11-19H2,1H3,(H,29,30)/t21?,22?,27-,28?/m1/s1. The molecule has 33 heavy (non-hydrogen) atoms. The Balaban J connectivity index is 1.04. The van der Waals surface area contributed by atoms with Crippen LogP contribution in [-0.2, 0) is 23.4 Å². The highest BCUT2D eigenvalue weighted by atomic mass is 16.5. The van der Waals surface area contributed by atoms with E-state index in [4.69, 9.17) is 9.72 Å². The number of aliphatic hydroxyl groups is 1. The lowest BCUT2D eigenvalue weighted by molar-refractivity contribution is -0.211. The van der Waals surface area contributed by atoms with Gasteiger partial charge in [-0.25, -0.2) is 4.98 Å². The number of rotatable bonds is 7. The van der Waals surface area contributed by atoms with Crippen molar-refractivity contribution in [2.45, 2.75) is 62.8 Å². The van der Waals surface area contributed by atoms with Crippen molar-refractivity contribution in [1.29, 1.82) is 0 Å². The van der Waals surface area contributed by atoms with Crippen LogP contribution in [-0.4, -0.2) is 45.7 Å². The van der Waals surface area contributed by atoms with Gasteiger partial charge in [0.2, 0.25) is 0 Å². The lowest BCUT2D eigenvalue weighted by atomic mass is 9.53. The van der Waals surface area contributed by atoms with Crippen LogP contribution < -0.4 is 0 Å². The van der Waals surface area contributed by atoms with Gasteiger partial charge in [0.05, 0.1) is 28.8 Å². The Bertz CT molecular complexity index is 1110. The first-order valence-electron chi connectivity index (χ1n) is 12.6. The predicted octanol–water partition coefficient (Wildman–Crippen LogP) is 4.79. The first kappa shape index (κ1) is 21.3. The van der Waals surface area contributed by atoms with E-state index in [0.29, 0.717) is 11.8 Å². The number of nitrogens with zero attached hydrogens (tertiary/aromatic N) is 2. The van der Waals surface area contributed by atoms with Gasteiger partial charge < -0.3 is 19.7 Å². The number of aromatic nitrogens is 2. The number of ether oxygens (including phenoxy) is 1. The Hall–Kier alpha value is -2.21. The quantitative estimate of drug-likeness (QED) is 0.549. The summed E-state index contributed by atoms with van der Waals surface area (Å²) < 4.78 is 6.49. The predicted molar refractivity (Wildman–Crippen MR) is 130 cm³/mol. The van der Waals surface area contributed by atoms with Crippen LogP contribution in [0.4, 0.5) is 0 Å². The minimum atomic E-state index is -0.554. The molecule has 1 aromatic heterocycles. The molecule has 174 valence electrons. The van der Waals surface area contributed by atoms with E-state index in [9.17, 15) is 5.11 Å². The van der Waals surface area contributed by atoms with Gasteiger partial charge in [0.15, 0.2) is 0 Å². The molecule has 1 spiro atoms. The Kier molecular flexibility index (Phi) is 5.32. The Morgan fingerprint density at radius 1 is 1.06 bits per heavy atom. The number of benzene rings is 2. The summed E-state index contributed by atoms with van der Waals surface area (Å²) in [6.45, 7) is 2.68. The minimum absolute atomic E-state index is 0.149. The Morgan fingerprint density at radius 2 is 1.88 bits per heavy atom. The number of hydrogen-bond donors (Lipinski definition) is 2.